The second-order valence-electron chi connectivity index (χ2n) is 11.1. The van der Waals surface area contributed by atoms with Gasteiger partial charge < -0.3 is 10.4 Å². The number of rotatable bonds is 11. The molecular formula is C35H39ClN4O2. The smallest absolute Gasteiger partial charge is 0.227 e. The van der Waals surface area contributed by atoms with Gasteiger partial charge in [0.15, 0.2) is 0 Å². The van der Waals surface area contributed by atoms with Gasteiger partial charge in [-0.15, -0.1) is 0 Å². The van der Waals surface area contributed by atoms with Crippen LogP contribution in [0.1, 0.15) is 82.9 Å². The molecule has 6 nitrogen and oxygen atoms in total. The van der Waals surface area contributed by atoms with Gasteiger partial charge in [0.25, 0.3) is 0 Å². The maximum atomic E-state index is 13.0. The van der Waals surface area contributed by atoms with Crippen LogP contribution in [-0.4, -0.2) is 25.9 Å². The number of pyridine rings is 2. The summed E-state index contributed by atoms with van der Waals surface area (Å²) in [5, 5.41) is 14.1. The van der Waals surface area contributed by atoms with E-state index >= 15 is 0 Å². The van der Waals surface area contributed by atoms with E-state index in [9.17, 15) is 9.90 Å². The molecule has 0 aliphatic heterocycles. The zero-order chi connectivity index (χ0) is 29.5. The minimum absolute atomic E-state index is 0.0128. The molecule has 1 aliphatic rings. The molecule has 2 atom stereocenters. The molecule has 7 heteroatoms. The number of nitrogens with one attached hydrogen (secondary N) is 1. The zero-order valence-corrected chi connectivity index (χ0v) is 25.1. The normalized spacial score (nSPS) is 15.3. The lowest BCUT2D eigenvalue weighted by Crippen LogP contribution is -2.32. The van der Waals surface area contributed by atoms with Crippen molar-refractivity contribution in [3.63, 3.8) is 0 Å². The Morgan fingerprint density at radius 1 is 1.07 bits per heavy atom. The van der Waals surface area contributed by atoms with Crippen molar-refractivity contribution in [2.24, 2.45) is 0 Å². The number of nitrogens with zero attached hydrogens (tertiary/aromatic N) is 3. The maximum absolute atomic E-state index is 13.0. The Labute approximate surface area is 253 Å². The molecule has 0 spiro atoms. The molecule has 0 radical (unpaired) electrons. The van der Waals surface area contributed by atoms with Crippen molar-refractivity contribution < 1.29 is 9.90 Å². The third-order valence-corrected chi connectivity index (χ3v) is 8.53. The van der Waals surface area contributed by atoms with Gasteiger partial charge in [0.05, 0.1) is 35.0 Å². The zero-order valence-electron chi connectivity index (χ0n) is 24.4. The van der Waals surface area contributed by atoms with Gasteiger partial charge in [-0.05, 0) is 78.1 Å². The molecular weight excluding hydrogens is 544 g/mol. The molecule has 2 aromatic heterocycles. The monoisotopic (exact) mass is 582 g/mol. The van der Waals surface area contributed by atoms with Gasteiger partial charge in [-0.25, -0.2) is 0 Å². The van der Waals surface area contributed by atoms with Crippen LogP contribution in [0.3, 0.4) is 0 Å². The van der Waals surface area contributed by atoms with E-state index in [1.165, 1.54) is 5.56 Å². The third-order valence-electron chi connectivity index (χ3n) is 8.32. The van der Waals surface area contributed by atoms with E-state index < -0.39 is 0 Å². The van der Waals surface area contributed by atoms with Crippen LogP contribution in [0.2, 0.25) is 5.02 Å². The first-order valence-electron chi connectivity index (χ1n) is 14.8. The first kappa shape index (κ1) is 29.9. The third kappa shape index (κ3) is 7.06. The maximum Gasteiger partial charge on any atom is 0.227 e. The molecule has 1 unspecified atom stereocenters. The number of aromatic nitrogens is 2. The first-order valence-corrected chi connectivity index (χ1v) is 15.2. The molecule has 0 bridgehead atoms. The Balaban J connectivity index is 1.37. The van der Waals surface area contributed by atoms with Crippen molar-refractivity contribution >= 4 is 17.5 Å². The lowest BCUT2D eigenvalue weighted by molar-refractivity contribution is -0.122. The predicted octanol–water partition coefficient (Wildman–Crippen LogP) is 6.82. The summed E-state index contributed by atoms with van der Waals surface area (Å²) in [5.74, 6) is -0.174. The first-order chi connectivity index (χ1) is 20.5. The fraction of sp³-hybridized carbons (Fsp3) is 0.343. The van der Waals surface area contributed by atoms with Gasteiger partial charge in [0.1, 0.15) is 0 Å². The Kier molecular flexibility index (Phi) is 10.0. The summed E-state index contributed by atoms with van der Waals surface area (Å²) in [6.07, 6.45) is 7.46. The van der Waals surface area contributed by atoms with E-state index in [0.717, 1.165) is 64.9 Å². The minimum Gasteiger partial charge on any atom is -0.392 e. The number of fused-ring (bicyclic) bond motifs is 1. The quantitative estimate of drug-likeness (QED) is 0.203. The summed E-state index contributed by atoms with van der Waals surface area (Å²) in [6.45, 7) is 5.69. The fourth-order valence-electron chi connectivity index (χ4n) is 6.02. The number of halogens is 1. The van der Waals surface area contributed by atoms with Crippen LogP contribution < -0.4 is 5.32 Å². The molecule has 2 N–H and O–H groups in total. The lowest BCUT2D eigenvalue weighted by Gasteiger charge is -2.35. The van der Waals surface area contributed by atoms with Crippen LogP contribution in [0.5, 0.6) is 0 Å². The number of amides is 1. The van der Waals surface area contributed by atoms with Gasteiger partial charge in [-0.2, -0.15) is 0 Å². The van der Waals surface area contributed by atoms with Crippen molar-refractivity contribution in [1.29, 1.82) is 0 Å². The number of hydrogen-bond acceptors (Lipinski definition) is 5. The van der Waals surface area contributed by atoms with Gasteiger partial charge >= 0.3 is 0 Å². The summed E-state index contributed by atoms with van der Waals surface area (Å²) in [4.78, 5) is 24.9. The SMILES string of the molecule is CCC(C(=O)NCc1ccc(CN(Cc2ncc(Cl)cc2C)[C@H]2CCCc3cccnc32)c(CO)c1)c1ccccc1. The largest absolute Gasteiger partial charge is 0.392 e. The molecule has 2 heterocycles. The highest BCUT2D eigenvalue weighted by atomic mass is 35.5. The van der Waals surface area contributed by atoms with E-state index in [0.29, 0.717) is 24.7 Å². The standard InChI is InChI=1S/C35H39ClN4O2/c1-3-31(26-9-5-4-6-10-26)35(42)39-19-25-14-15-28(29(18-25)23-41)21-40(22-32-24(2)17-30(36)20-38-32)33-13-7-11-27-12-8-16-37-34(27)33/h4-6,8-10,12,14-18,20,31,33,41H,3,7,11,13,19,21-23H2,1-2H3,(H,39,42)/t31?,33-/m0/s1. The molecule has 2 aromatic carbocycles. The molecule has 4 aromatic rings. The number of hydrogen-bond donors (Lipinski definition) is 2. The van der Waals surface area contributed by atoms with E-state index in [1.807, 2.05) is 68.6 Å². The van der Waals surface area contributed by atoms with Crippen molar-refractivity contribution in [2.75, 3.05) is 0 Å². The number of carbonyl (C=O) groups is 1. The summed E-state index contributed by atoms with van der Waals surface area (Å²) in [6, 6.07) is 22.3. The Morgan fingerprint density at radius 3 is 2.67 bits per heavy atom. The molecule has 0 fully saturated rings. The highest BCUT2D eigenvalue weighted by Crippen LogP contribution is 2.35. The number of carbonyl (C=O) groups excluding carboxylic acids is 1. The van der Waals surface area contributed by atoms with Crippen LogP contribution in [0.15, 0.2) is 79.1 Å². The van der Waals surface area contributed by atoms with Gasteiger partial charge in [-0.3, -0.25) is 19.7 Å². The van der Waals surface area contributed by atoms with Gasteiger partial charge in [-0.1, -0.05) is 73.1 Å². The molecule has 1 aliphatic carbocycles. The average Bonchev–Trinajstić information content (AvgIpc) is 3.02. The number of aryl methyl sites for hydroxylation is 2. The average molecular weight is 583 g/mol. The summed E-state index contributed by atoms with van der Waals surface area (Å²) in [5.41, 5.74) is 8.37. The van der Waals surface area contributed by atoms with Crippen molar-refractivity contribution in [2.45, 2.75) is 77.7 Å². The number of benzene rings is 2. The molecule has 218 valence electrons. The van der Waals surface area contributed by atoms with Crippen LogP contribution in [0, 0.1) is 6.92 Å². The van der Waals surface area contributed by atoms with Crippen LogP contribution in [-0.2, 0) is 37.5 Å². The minimum atomic E-state index is -0.187. The summed E-state index contributed by atoms with van der Waals surface area (Å²) in [7, 11) is 0. The highest BCUT2D eigenvalue weighted by molar-refractivity contribution is 6.30. The fourth-order valence-corrected chi connectivity index (χ4v) is 6.24. The summed E-state index contributed by atoms with van der Waals surface area (Å²) < 4.78 is 0. The number of aliphatic hydroxyl groups is 1. The number of aliphatic hydroxyl groups excluding tert-OH is 1. The Morgan fingerprint density at radius 2 is 1.90 bits per heavy atom. The van der Waals surface area contributed by atoms with Gasteiger partial charge in [0, 0.05) is 32.0 Å². The van der Waals surface area contributed by atoms with E-state index in [1.54, 1.807) is 6.20 Å². The van der Waals surface area contributed by atoms with E-state index in [4.69, 9.17) is 16.6 Å². The molecule has 42 heavy (non-hydrogen) atoms. The van der Waals surface area contributed by atoms with E-state index in [-0.39, 0.29) is 24.5 Å². The van der Waals surface area contributed by atoms with E-state index in [2.05, 4.69) is 33.4 Å². The van der Waals surface area contributed by atoms with Crippen LogP contribution in [0.25, 0.3) is 0 Å². The Hall–Kier alpha value is -3.58. The molecule has 1 amide bonds. The van der Waals surface area contributed by atoms with Crippen LogP contribution >= 0.6 is 11.6 Å². The lowest BCUT2D eigenvalue weighted by atomic mass is 9.90. The second-order valence-corrected chi connectivity index (χ2v) is 11.6. The Bertz CT molecular complexity index is 1510. The topological polar surface area (TPSA) is 78.4 Å². The second kappa shape index (κ2) is 14.1. The van der Waals surface area contributed by atoms with Crippen LogP contribution in [0.4, 0.5) is 0 Å². The highest BCUT2D eigenvalue weighted by Gasteiger charge is 2.28. The predicted molar refractivity (Wildman–Crippen MR) is 167 cm³/mol. The van der Waals surface area contributed by atoms with Crippen molar-refractivity contribution in [3.8, 4) is 0 Å². The molecule has 0 saturated heterocycles. The summed E-state index contributed by atoms with van der Waals surface area (Å²) >= 11 is 6.22. The van der Waals surface area contributed by atoms with Crippen molar-refractivity contribution in [1.82, 2.24) is 20.2 Å². The van der Waals surface area contributed by atoms with Crippen molar-refractivity contribution in [3.05, 3.63) is 129 Å². The molecule has 0 saturated carbocycles. The molecule has 5 rings (SSSR count). The van der Waals surface area contributed by atoms with Gasteiger partial charge in [0.2, 0.25) is 5.91 Å².